The zero-order valence-electron chi connectivity index (χ0n) is 18.8. The molecule has 0 saturated carbocycles. The van der Waals surface area contributed by atoms with Crippen LogP contribution in [-0.4, -0.2) is 26.8 Å². The molecular formula is C26H28N2O4S. The fraction of sp³-hybridized carbons (Fsp3) is 0.231. The largest absolute Gasteiger partial charge is 0.311 e. The van der Waals surface area contributed by atoms with E-state index in [9.17, 15) is 18.0 Å². The van der Waals surface area contributed by atoms with E-state index in [1.165, 1.54) is 6.08 Å². The van der Waals surface area contributed by atoms with E-state index in [1.54, 1.807) is 29.2 Å². The van der Waals surface area contributed by atoms with Crippen LogP contribution in [0.25, 0.3) is 16.8 Å². The summed E-state index contributed by atoms with van der Waals surface area (Å²) in [4.78, 5) is 28.0. The van der Waals surface area contributed by atoms with Crippen LogP contribution in [0, 0.1) is 5.92 Å². The Morgan fingerprint density at radius 2 is 1.61 bits per heavy atom. The minimum absolute atomic E-state index is 0.240. The fourth-order valence-corrected chi connectivity index (χ4v) is 4.54. The minimum Gasteiger partial charge on any atom is -0.311 e. The molecule has 0 saturated heterocycles. The quantitative estimate of drug-likeness (QED) is 0.464. The van der Waals surface area contributed by atoms with Gasteiger partial charge in [0, 0.05) is 11.9 Å². The fourth-order valence-electron chi connectivity index (χ4n) is 3.71. The predicted octanol–water partition coefficient (Wildman–Crippen LogP) is 4.73. The van der Waals surface area contributed by atoms with Crippen LogP contribution in [-0.2, 0) is 19.6 Å². The Kier molecular flexibility index (Phi) is 8.01. The molecular weight excluding hydrogens is 436 g/mol. The zero-order chi connectivity index (χ0) is 23.8. The number of sulfonamides is 1. The molecule has 3 rings (SSSR count). The van der Waals surface area contributed by atoms with Crippen molar-refractivity contribution in [2.75, 3.05) is 11.4 Å². The Labute approximate surface area is 195 Å². The topological polar surface area (TPSA) is 83.5 Å². The number of nitrogens with zero attached hydrogens (tertiary/aromatic N) is 1. The molecule has 1 N–H and O–H groups in total. The second-order valence-corrected chi connectivity index (χ2v) is 9.21. The number of hydrogen-bond acceptors (Lipinski definition) is 4. The van der Waals surface area contributed by atoms with Crippen molar-refractivity contribution in [3.8, 4) is 0 Å². The third-order valence-electron chi connectivity index (χ3n) is 5.31. The molecule has 0 aliphatic rings. The van der Waals surface area contributed by atoms with Gasteiger partial charge in [-0.2, -0.15) is 0 Å². The third kappa shape index (κ3) is 6.08. The lowest BCUT2D eigenvalue weighted by atomic mass is 10.00. The summed E-state index contributed by atoms with van der Waals surface area (Å²) < 4.78 is 27.0. The minimum atomic E-state index is -4.06. The van der Waals surface area contributed by atoms with Gasteiger partial charge in [0.1, 0.15) is 5.92 Å². The van der Waals surface area contributed by atoms with Crippen LogP contribution in [0.2, 0.25) is 0 Å². The van der Waals surface area contributed by atoms with Crippen molar-refractivity contribution >= 4 is 44.4 Å². The Morgan fingerprint density at radius 1 is 0.939 bits per heavy atom. The standard InChI is InChI=1S/C26H28N2O4S/c1-3-11-23(25(29)27-33(31,32)19-18-20-12-6-5-7-13-20)26(30)28(4-2)24-17-10-15-21-14-8-9-16-22(21)24/h5-10,12-19,23H,3-4,11H2,1-2H3,(H,27,29). The number of hydrogen-bond donors (Lipinski definition) is 1. The highest BCUT2D eigenvalue weighted by atomic mass is 32.2. The van der Waals surface area contributed by atoms with Crippen LogP contribution in [0.15, 0.2) is 78.2 Å². The molecule has 0 aliphatic carbocycles. The van der Waals surface area contributed by atoms with Crippen LogP contribution in [0.5, 0.6) is 0 Å². The van der Waals surface area contributed by atoms with Gasteiger partial charge in [-0.1, -0.05) is 80.1 Å². The molecule has 172 valence electrons. The number of carbonyl (C=O) groups is 2. The number of carbonyl (C=O) groups excluding carboxylic acids is 2. The third-order valence-corrected chi connectivity index (χ3v) is 6.29. The van der Waals surface area contributed by atoms with Gasteiger partial charge in [0.25, 0.3) is 10.0 Å². The van der Waals surface area contributed by atoms with Gasteiger partial charge in [0.05, 0.1) is 11.1 Å². The first-order valence-corrected chi connectivity index (χ1v) is 12.5. The van der Waals surface area contributed by atoms with Crippen LogP contribution in [0.1, 0.15) is 32.3 Å². The lowest BCUT2D eigenvalue weighted by molar-refractivity contribution is -0.132. The van der Waals surface area contributed by atoms with Crippen molar-refractivity contribution < 1.29 is 18.0 Å². The maximum Gasteiger partial charge on any atom is 0.257 e. The van der Waals surface area contributed by atoms with Crippen molar-refractivity contribution in [1.29, 1.82) is 0 Å². The van der Waals surface area contributed by atoms with Crippen LogP contribution < -0.4 is 9.62 Å². The summed E-state index contributed by atoms with van der Waals surface area (Å²) >= 11 is 0. The smallest absolute Gasteiger partial charge is 0.257 e. The normalized spacial score (nSPS) is 12.5. The molecule has 3 aromatic carbocycles. The average molecular weight is 465 g/mol. The molecule has 33 heavy (non-hydrogen) atoms. The van der Waals surface area contributed by atoms with Gasteiger partial charge in [-0.05, 0) is 36.4 Å². The summed E-state index contributed by atoms with van der Waals surface area (Å²) in [5.74, 6) is -2.36. The Balaban J connectivity index is 1.85. The number of nitrogens with one attached hydrogen (secondary N) is 1. The lowest BCUT2D eigenvalue weighted by Crippen LogP contribution is -2.45. The Morgan fingerprint density at radius 3 is 2.30 bits per heavy atom. The molecule has 6 nitrogen and oxygen atoms in total. The molecule has 0 radical (unpaired) electrons. The summed E-state index contributed by atoms with van der Waals surface area (Å²) in [6, 6.07) is 22.3. The SMILES string of the molecule is CCCC(C(=O)NS(=O)(=O)C=Cc1ccccc1)C(=O)N(CC)c1cccc2ccccc12. The van der Waals surface area contributed by atoms with E-state index in [2.05, 4.69) is 4.72 Å². The average Bonchev–Trinajstić information content (AvgIpc) is 2.82. The van der Waals surface area contributed by atoms with Gasteiger partial charge < -0.3 is 4.90 Å². The van der Waals surface area contributed by atoms with Gasteiger partial charge >= 0.3 is 0 Å². The van der Waals surface area contributed by atoms with E-state index in [1.807, 2.05) is 62.4 Å². The molecule has 7 heteroatoms. The van der Waals surface area contributed by atoms with E-state index < -0.39 is 27.8 Å². The van der Waals surface area contributed by atoms with E-state index >= 15 is 0 Å². The number of rotatable bonds is 9. The Bertz CT molecular complexity index is 1250. The molecule has 0 bridgehead atoms. The van der Waals surface area contributed by atoms with Gasteiger partial charge in [-0.25, -0.2) is 13.1 Å². The number of anilines is 1. The number of benzene rings is 3. The van der Waals surface area contributed by atoms with Crippen LogP contribution in [0.4, 0.5) is 5.69 Å². The van der Waals surface area contributed by atoms with Gasteiger partial charge in [0.2, 0.25) is 11.8 Å². The second-order valence-electron chi connectivity index (χ2n) is 7.65. The molecule has 1 atom stereocenters. The molecule has 0 heterocycles. The van der Waals surface area contributed by atoms with Crippen LogP contribution >= 0.6 is 0 Å². The second kappa shape index (κ2) is 10.9. The first-order chi connectivity index (χ1) is 15.9. The van der Waals surface area contributed by atoms with E-state index in [0.717, 1.165) is 16.2 Å². The van der Waals surface area contributed by atoms with Crippen molar-refractivity contribution in [1.82, 2.24) is 4.72 Å². The summed E-state index contributed by atoms with van der Waals surface area (Å²) in [6.45, 7) is 4.03. The molecule has 3 aromatic rings. The zero-order valence-corrected chi connectivity index (χ0v) is 19.6. The summed E-state index contributed by atoms with van der Waals surface area (Å²) in [5, 5.41) is 2.81. The van der Waals surface area contributed by atoms with Gasteiger partial charge in [-0.3, -0.25) is 9.59 Å². The summed E-state index contributed by atoms with van der Waals surface area (Å²) in [5.41, 5.74) is 1.38. The number of fused-ring (bicyclic) bond motifs is 1. The van der Waals surface area contributed by atoms with Gasteiger partial charge in [0.15, 0.2) is 0 Å². The van der Waals surface area contributed by atoms with Crippen molar-refractivity contribution in [3.63, 3.8) is 0 Å². The first-order valence-electron chi connectivity index (χ1n) is 10.9. The highest BCUT2D eigenvalue weighted by Crippen LogP contribution is 2.28. The van der Waals surface area contributed by atoms with Gasteiger partial charge in [-0.15, -0.1) is 0 Å². The molecule has 0 fully saturated rings. The molecule has 0 aromatic heterocycles. The molecule has 0 spiro atoms. The maximum atomic E-state index is 13.5. The van der Waals surface area contributed by atoms with E-state index in [-0.39, 0.29) is 6.42 Å². The van der Waals surface area contributed by atoms with Crippen molar-refractivity contribution in [2.45, 2.75) is 26.7 Å². The van der Waals surface area contributed by atoms with Crippen LogP contribution in [0.3, 0.4) is 0 Å². The monoisotopic (exact) mass is 464 g/mol. The van der Waals surface area contributed by atoms with E-state index in [0.29, 0.717) is 24.2 Å². The molecule has 2 amide bonds. The van der Waals surface area contributed by atoms with Crippen molar-refractivity contribution in [3.05, 3.63) is 83.8 Å². The number of amides is 2. The maximum absolute atomic E-state index is 13.5. The van der Waals surface area contributed by atoms with Crippen molar-refractivity contribution in [2.24, 2.45) is 5.92 Å². The summed E-state index contributed by atoms with van der Waals surface area (Å²) in [6.07, 6.45) is 2.20. The lowest BCUT2D eigenvalue weighted by Gasteiger charge is -2.27. The predicted molar refractivity (Wildman–Crippen MR) is 133 cm³/mol. The molecule has 1 unspecified atom stereocenters. The first kappa shape index (κ1) is 24.2. The molecule has 0 aliphatic heterocycles. The van der Waals surface area contributed by atoms with E-state index in [4.69, 9.17) is 0 Å². The Hall–Kier alpha value is -3.45. The highest BCUT2D eigenvalue weighted by Gasteiger charge is 2.32. The highest BCUT2D eigenvalue weighted by molar-refractivity contribution is 7.93. The summed E-state index contributed by atoms with van der Waals surface area (Å²) in [7, 11) is -4.06.